The average Bonchev–Trinajstić information content (AvgIpc) is 2.47. The van der Waals surface area contributed by atoms with Gasteiger partial charge >= 0.3 is 0 Å². The number of hydrogen-bond donors (Lipinski definition) is 1. The fourth-order valence-electron chi connectivity index (χ4n) is 2.48. The summed E-state index contributed by atoms with van der Waals surface area (Å²) in [5.41, 5.74) is 0.717. The van der Waals surface area contributed by atoms with Gasteiger partial charge in [-0.15, -0.1) is 0 Å². The average molecular weight is 276 g/mol. The first-order chi connectivity index (χ1) is 9.58. The maximum atomic E-state index is 12.4. The highest BCUT2D eigenvalue weighted by atomic mass is 16.5. The van der Waals surface area contributed by atoms with Gasteiger partial charge in [0.05, 0.1) is 6.10 Å². The van der Waals surface area contributed by atoms with Crippen molar-refractivity contribution in [3.05, 3.63) is 29.8 Å². The molecule has 1 heterocycles. The maximum Gasteiger partial charge on any atom is 0.253 e. The molecule has 110 valence electrons. The van der Waals surface area contributed by atoms with Crippen molar-refractivity contribution in [1.29, 1.82) is 0 Å². The second kappa shape index (κ2) is 6.75. The number of nitrogens with zero attached hydrogens (tertiary/aromatic N) is 1. The number of amides is 1. The second-order valence-corrected chi connectivity index (χ2v) is 5.61. The van der Waals surface area contributed by atoms with Crippen molar-refractivity contribution in [2.45, 2.75) is 38.8 Å². The Morgan fingerprint density at radius 1 is 1.35 bits per heavy atom. The second-order valence-electron chi connectivity index (χ2n) is 5.61. The van der Waals surface area contributed by atoms with E-state index in [1.807, 2.05) is 50.1 Å². The zero-order chi connectivity index (χ0) is 14.5. The summed E-state index contributed by atoms with van der Waals surface area (Å²) >= 11 is 0. The lowest BCUT2D eigenvalue weighted by molar-refractivity contribution is 0.0708. The monoisotopic (exact) mass is 276 g/mol. The Balaban J connectivity index is 2.00. The van der Waals surface area contributed by atoms with Gasteiger partial charge < -0.3 is 15.0 Å². The van der Waals surface area contributed by atoms with E-state index in [4.69, 9.17) is 4.74 Å². The molecule has 0 aromatic heterocycles. The molecule has 1 fully saturated rings. The third kappa shape index (κ3) is 3.73. The van der Waals surface area contributed by atoms with E-state index in [1.165, 1.54) is 0 Å². The molecule has 0 unspecified atom stereocenters. The number of likely N-dealkylation sites (N-methyl/N-ethyl adjacent to an activating group) is 1. The molecule has 0 spiro atoms. The van der Waals surface area contributed by atoms with Crippen LogP contribution in [0.1, 0.15) is 37.0 Å². The lowest BCUT2D eigenvalue weighted by Gasteiger charge is -2.31. The molecule has 4 nitrogen and oxygen atoms in total. The van der Waals surface area contributed by atoms with Crippen molar-refractivity contribution in [3.63, 3.8) is 0 Å². The van der Waals surface area contributed by atoms with Gasteiger partial charge in [0.15, 0.2) is 0 Å². The Hall–Kier alpha value is -1.55. The number of hydrogen-bond acceptors (Lipinski definition) is 3. The van der Waals surface area contributed by atoms with Crippen molar-refractivity contribution in [1.82, 2.24) is 10.2 Å². The molecule has 1 N–H and O–H groups in total. The van der Waals surface area contributed by atoms with Crippen LogP contribution in [0.4, 0.5) is 0 Å². The van der Waals surface area contributed by atoms with Gasteiger partial charge in [-0.05, 0) is 57.5 Å². The zero-order valence-corrected chi connectivity index (χ0v) is 12.6. The Morgan fingerprint density at radius 3 is 2.60 bits per heavy atom. The van der Waals surface area contributed by atoms with Crippen LogP contribution in [0.5, 0.6) is 5.75 Å². The van der Waals surface area contributed by atoms with Gasteiger partial charge in [0.1, 0.15) is 5.75 Å². The predicted octanol–water partition coefficient (Wildman–Crippen LogP) is 2.30. The molecule has 2 rings (SSSR count). The van der Waals surface area contributed by atoms with Crippen LogP contribution in [0.15, 0.2) is 24.3 Å². The van der Waals surface area contributed by atoms with Crippen molar-refractivity contribution in [3.8, 4) is 5.75 Å². The largest absolute Gasteiger partial charge is 0.491 e. The van der Waals surface area contributed by atoms with Crippen LogP contribution in [0.2, 0.25) is 0 Å². The van der Waals surface area contributed by atoms with Gasteiger partial charge in [0.2, 0.25) is 0 Å². The maximum absolute atomic E-state index is 12.4. The number of rotatable bonds is 4. The molecule has 0 bridgehead atoms. The van der Waals surface area contributed by atoms with E-state index < -0.39 is 0 Å². The standard InChI is InChI=1S/C16H24N2O2/c1-12(2)20-15-8-6-13(7-9-15)16(19)18(3)14-5-4-10-17-11-14/h6-9,12,14,17H,4-5,10-11H2,1-3H3/t14-/m1/s1. The third-order valence-corrected chi connectivity index (χ3v) is 3.61. The Bertz CT molecular complexity index is 436. The Morgan fingerprint density at radius 2 is 2.05 bits per heavy atom. The summed E-state index contributed by atoms with van der Waals surface area (Å²) in [7, 11) is 1.89. The summed E-state index contributed by atoms with van der Waals surface area (Å²) in [6, 6.07) is 7.70. The fraction of sp³-hybridized carbons (Fsp3) is 0.562. The number of nitrogens with one attached hydrogen (secondary N) is 1. The van der Waals surface area contributed by atoms with Gasteiger partial charge in [-0.1, -0.05) is 0 Å². The van der Waals surface area contributed by atoms with Gasteiger partial charge in [0.25, 0.3) is 5.91 Å². The minimum Gasteiger partial charge on any atom is -0.491 e. The highest BCUT2D eigenvalue weighted by molar-refractivity contribution is 5.94. The van der Waals surface area contributed by atoms with Gasteiger partial charge in [-0.2, -0.15) is 0 Å². The first-order valence-electron chi connectivity index (χ1n) is 7.32. The summed E-state index contributed by atoms with van der Waals surface area (Å²) in [5.74, 6) is 0.883. The van der Waals surface area contributed by atoms with Crippen LogP contribution in [0, 0.1) is 0 Å². The van der Waals surface area contributed by atoms with E-state index in [9.17, 15) is 4.79 Å². The topological polar surface area (TPSA) is 41.6 Å². The molecule has 1 atom stereocenters. The molecular weight excluding hydrogens is 252 g/mol. The minimum atomic E-state index is 0.0785. The highest BCUT2D eigenvalue weighted by Crippen LogP contribution is 2.17. The number of ether oxygens (including phenoxy) is 1. The molecule has 1 aromatic carbocycles. The number of piperidine rings is 1. The van der Waals surface area contributed by atoms with E-state index in [0.29, 0.717) is 11.6 Å². The van der Waals surface area contributed by atoms with E-state index in [-0.39, 0.29) is 12.0 Å². The lowest BCUT2D eigenvalue weighted by Crippen LogP contribution is -2.46. The van der Waals surface area contributed by atoms with Crippen LogP contribution in [-0.4, -0.2) is 43.1 Å². The van der Waals surface area contributed by atoms with E-state index >= 15 is 0 Å². The molecule has 1 aliphatic rings. The quantitative estimate of drug-likeness (QED) is 0.917. The van der Waals surface area contributed by atoms with Crippen molar-refractivity contribution in [2.24, 2.45) is 0 Å². The number of carbonyl (C=O) groups excluding carboxylic acids is 1. The van der Waals surface area contributed by atoms with Crippen molar-refractivity contribution < 1.29 is 9.53 Å². The summed E-state index contributed by atoms with van der Waals surface area (Å²) < 4.78 is 5.59. The Labute approximate surface area is 121 Å². The lowest BCUT2D eigenvalue weighted by atomic mass is 10.1. The smallest absolute Gasteiger partial charge is 0.253 e. The van der Waals surface area contributed by atoms with Crippen LogP contribution >= 0.6 is 0 Å². The highest BCUT2D eigenvalue weighted by Gasteiger charge is 2.22. The molecule has 20 heavy (non-hydrogen) atoms. The molecule has 0 aliphatic carbocycles. The molecule has 0 saturated carbocycles. The molecule has 0 radical (unpaired) electrons. The minimum absolute atomic E-state index is 0.0785. The van der Waals surface area contributed by atoms with E-state index in [0.717, 1.165) is 31.7 Å². The van der Waals surface area contributed by atoms with Crippen molar-refractivity contribution in [2.75, 3.05) is 20.1 Å². The molecule has 1 aliphatic heterocycles. The fourth-order valence-corrected chi connectivity index (χ4v) is 2.48. The third-order valence-electron chi connectivity index (χ3n) is 3.61. The van der Waals surface area contributed by atoms with Crippen LogP contribution in [-0.2, 0) is 0 Å². The predicted molar refractivity (Wildman–Crippen MR) is 80.2 cm³/mol. The zero-order valence-electron chi connectivity index (χ0n) is 12.6. The van der Waals surface area contributed by atoms with E-state index in [2.05, 4.69) is 5.32 Å². The first-order valence-corrected chi connectivity index (χ1v) is 7.32. The van der Waals surface area contributed by atoms with Crippen LogP contribution in [0.3, 0.4) is 0 Å². The summed E-state index contributed by atoms with van der Waals surface area (Å²) in [6.07, 6.45) is 2.35. The van der Waals surface area contributed by atoms with Gasteiger partial charge in [0, 0.05) is 25.2 Å². The first kappa shape index (κ1) is 14.9. The van der Waals surface area contributed by atoms with Gasteiger partial charge in [-0.3, -0.25) is 4.79 Å². The normalized spacial score (nSPS) is 18.9. The van der Waals surface area contributed by atoms with Gasteiger partial charge in [-0.25, -0.2) is 0 Å². The summed E-state index contributed by atoms with van der Waals surface area (Å²) in [5, 5.41) is 3.34. The molecule has 1 aromatic rings. The SMILES string of the molecule is CC(C)Oc1ccc(C(=O)N(C)[C@@H]2CCCNC2)cc1. The number of carbonyl (C=O) groups is 1. The van der Waals surface area contributed by atoms with Crippen molar-refractivity contribution >= 4 is 5.91 Å². The molecule has 4 heteroatoms. The number of benzene rings is 1. The molecule has 1 amide bonds. The summed E-state index contributed by atoms with van der Waals surface area (Å²) in [6.45, 7) is 5.92. The molecule has 1 saturated heterocycles. The van der Waals surface area contributed by atoms with Crippen LogP contribution in [0.25, 0.3) is 0 Å². The Kier molecular flexibility index (Phi) is 5.01. The summed E-state index contributed by atoms with van der Waals surface area (Å²) in [4.78, 5) is 14.3. The van der Waals surface area contributed by atoms with Crippen LogP contribution < -0.4 is 10.1 Å². The molecular formula is C16H24N2O2. The van der Waals surface area contributed by atoms with E-state index in [1.54, 1.807) is 0 Å².